The van der Waals surface area contributed by atoms with Crippen LogP contribution in [0.3, 0.4) is 0 Å². The number of nitrogens with one attached hydrogen (secondary N) is 1. The molecule has 0 radical (unpaired) electrons. The molecule has 20 heavy (non-hydrogen) atoms. The lowest BCUT2D eigenvalue weighted by Crippen LogP contribution is -2.52. The summed E-state index contributed by atoms with van der Waals surface area (Å²) in [5.41, 5.74) is 5.39. The highest BCUT2D eigenvalue weighted by Gasteiger charge is 2.43. The molecule has 3 atom stereocenters. The molecule has 3 N–H and O–H groups in total. The van der Waals surface area contributed by atoms with E-state index in [-0.39, 0.29) is 5.91 Å². The quantitative estimate of drug-likeness (QED) is 0.621. The molecule has 2 aliphatic carbocycles. The van der Waals surface area contributed by atoms with Crippen molar-refractivity contribution in [2.24, 2.45) is 23.0 Å². The summed E-state index contributed by atoms with van der Waals surface area (Å²) >= 11 is 5.27. The number of hydrogen-bond donors (Lipinski definition) is 2. The standard InChI is InChI=1S/C16H28N2OS/c1-11-7-8-13(12(11)2)18-15(19)16(14(17)20)9-5-3-4-6-10-16/h11-13H,3-10H2,1-2H3,(H2,17,20)(H,18,19). The van der Waals surface area contributed by atoms with E-state index in [0.29, 0.717) is 22.9 Å². The van der Waals surface area contributed by atoms with Gasteiger partial charge in [-0.15, -0.1) is 0 Å². The molecule has 3 unspecified atom stereocenters. The first-order valence-electron chi connectivity index (χ1n) is 8.08. The summed E-state index contributed by atoms with van der Waals surface area (Å²) in [5.74, 6) is 1.33. The molecule has 0 bridgehead atoms. The molecular formula is C16H28N2OS. The van der Waals surface area contributed by atoms with E-state index in [2.05, 4.69) is 19.2 Å². The minimum absolute atomic E-state index is 0.0952. The van der Waals surface area contributed by atoms with Crippen LogP contribution < -0.4 is 11.1 Å². The van der Waals surface area contributed by atoms with Gasteiger partial charge in [-0.1, -0.05) is 51.7 Å². The highest BCUT2D eigenvalue weighted by molar-refractivity contribution is 7.80. The Balaban J connectivity index is 2.09. The van der Waals surface area contributed by atoms with Crippen molar-refractivity contribution in [1.82, 2.24) is 5.32 Å². The first kappa shape index (κ1) is 15.7. The second-order valence-electron chi connectivity index (χ2n) is 6.85. The van der Waals surface area contributed by atoms with Gasteiger partial charge in [0.1, 0.15) is 0 Å². The lowest BCUT2D eigenvalue weighted by Gasteiger charge is -2.32. The van der Waals surface area contributed by atoms with Gasteiger partial charge in [-0.2, -0.15) is 0 Å². The SMILES string of the molecule is CC1CCC(NC(=O)C2(C(N)=S)CCCCCC2)C1C. The number of hydrogen-bond acceptors (Lipinski definition) is 2. The van der Waals surface area contributed by atoms with Crippen molar-refractivity contribution in [1.29, 1.82) is 0 Å². The number of rotatable bonds is 3. The Bertz CT molecular complexity index is 375. The Labute approximate surface area is 128 Å². The van der Waals surface area contributed by atoms with Crippen LogP contribution in [-0.2, 0) is 4.79 Å². The molecule has 0 heterocycles. The van der Waals surface area contributed by atoms with Crippen LogP contribution in [-0.4, -0.2) is 16.9 Å². The normalized spacial score (nSPS) is 33.4. The molecule has 2 aliphatic rings. The third kappa shape index (κ3) is 3.00. The van der Waals surface area contributed by atoms with Gasteiger partial charge in [-0.25, -0.2) is 0 Å². The Morgan fingerprint density at radius 2 is 1.75 bits per heavy atom. The van der Waals surface area contributed by atoms with Crippen LogP contribution in [0.4, 0.5) is 0 Å². The van der Waals surface area contributed by atoms with Crippen LogP contribution in [0.1, 0.15) is 65.2 Å². The zero-order valence-corrected chi connectivity index (χ0v) is 13.6. The number of nitrogens with two attached hydrogens (primary N) is 1. The second-order valence-corrected chi connectivity index (χ2v) is 7.29. The fourth-order valence-electron chi connectivity index (χ4n) is 3.79. The van der Waals surface area contributed by atoms with E-state index in [1.165, 1.54) is 19.3 Å². The van der Waals surface area contributed by atoms with E-state index < -0.39 is 5.41 Å². The summed E-state index contributed by atoms with van der Waals surface area (Å²) in [6.45, 7) is 4.51. The predicted molar refractivity (Wildman–Crippen MR) is 86.4 cm³/mol. The van der Waals surface area contributed by atoms with Crippen LogP contribution >= 0.6 is 12.2 Å². The van der Waals surface area contributed by atoms with Gasteiger partial charge in [0, 0.05) is 6.04 Å². The van der Waals surface area contributed by atoms with Crippen LogP contribution in [0.5, 0.6) is 0 Å². The van der Waals surface area contributed by atoms with Crippen molar-refractivity contribution in [3.05, 3.63) is 0 Å². The topological polar surface area (TPSA) is 55.1 Å². The Kier molecular flexibility index (Phi) is 5.05. The molecule has 2 saturated carbocycles. The molecule has 0 aromatic rings. The van der Waals surface area contributed by atoms with Gasteiger partial charge in [0.05, 0.1) is 10.4 Å². The summed E-state index contributed by atoms with van der Waals surface area (Å²) in [7, 11) is 0. The van der Waals surface area contributed by atoms with Crippen molar-refractivity contribution < 1.29 is 4.79 Å². The summed E-state index contributed by atoms with van der Waals surface area (Å²) in [6, 6.07) is 0.298. The van der Waals surface area contributed by atoms with E-state index >= 15 is 0 Å². The fraction of sp³-hybridized carbons (Fsp3) is 0.875. The molecule has 2 rings (SSSR count). The fourth-order valence-corrected chi connectivity index (χ4v) is 4.09. The van der Waals surface area contributed by atoms with Gasteiger partial charge in [0.15, 0.2) is 0 Å². The number of carbonyl (C=O) groups excluding carboxylic acids is 1. The van der Waals surface area contributed by atoms with Crippen molar-refractivity contribution in [2.45, 2.75) is 71.3 Å². The highest BCUT2D eigenvalue weighted by Crippen LogP contribution is 2.37. The lowest BCUT2D eigenvalue weighted by molar-refractivity contribution is -0.129. The third-order valence-corrected chi connectivity index (χ3v) is 6.04. The Hall–Kier alpha value is -0.640. The van der Waals surface area contributed by atoms with Crippen molar-refractivity contribution in [3.8, 4) is 0 Å². The van der Waals surface area contributed by atoms with Gasteiger partial charge < -0.3 is 11.1 Å². The Morgan fingerprint density at radius 1 is 1.15 bits per heavy atom. The van der Waals surface area contributed by atoms with Crippen LogP contribution in [0.25, 0.3) is 0 Å². The first-order chi connectivity index (χ1) is 9.47. The average Bonchev–Trinajstić information content (AvgIpc) is 2.65. The molecule has 2 fully saturated rings. The number of carbonyl (C=O) groups is 1. The van der Waals surface area contributed by atoms with E-state index in [0.717, 1.165) is 32.1 Å². The van der Waals surface area contributed by atoms with Crippen LogP contribution in [0.15, 0.2) is 0 Å². The van der Waals surface area contributed by atoms with Gasteiger partial charge in [-0.3, -0.25) is 4.79 Å². The first-order valence-corrected chi connectivity index (χ1v) is 8.49. The van der Waals surface area contributed by atoms with Crippen molar-refractivity contribution in [2.75, 3.05) is 0 Å². The smallest absolute Gasteiger partial charge is 0.233 e. The molecule has 0 saturated heterocycles. The molecular weight excluding hydrogens is 268 g/mol. The van der Waals surface area contributed by atoms with E-state index in [1.54, 1.807) is 0 Å². The molecule has 1 amide bonds. The summed E-state index contributed by atoms with van der Waals surface area (Å²) in [4.78, 5) is 13.2. The largest absolute Gasteiger partial charge is 0.392 e. The summed E-state index contributed by atoms with van der Waals surface area (Å²) in [6.07, 6.45) is 8.43. The molecule has 0 aromatic carbocycles. The zero-order chi connectivity index (χ0) is 14.8. The second kappa shape index (κ2) is 6.42. The molecule has 4 heteroatoms. The van der Waals surface area contributed by atoms with Crippen molar-refractivity contribution >= 4 is 23.1 Å². The highest BCUT2D eigenvalue weighted by atomic mass is 32.1. The molecule has 0 spiro atoms. The maximum atomic E-state index is 12.8. The van der Waals surface area contributed by atoms with Gasteiger partial charge >= 0.3 is 0 Å². The summed E-state index contributed by atoms with van der Waals surface area (Å²) < 4.78 is 0. The molecule has 114 valence electrons. The van der Waals surface area contributed by atoms with E-state index in [4.69, 9.17) is 18.0 Å². The third-order valence-electron chi connectivity index (χ3n) is 5.65. The monoisotopic (exact) mass is 296 g/mol. The molecule has 0 aromatic heterocycles. The lowest BCUT2D eigenvalue weighted by atomic mass is 9.79. The minimum atomic E-state index is -0.586. The van der Waals surface area contributed by atoms with Gasteiger partial charge in [0.2, 0.25) is 5.91 Å². The number of amides is 1. The maximum absolute atomic E-state index is 12.8. The van der Waals surface area contributed by atoms with Crippen LogP contribution in [0.2, 0.25) is 0 Å². The van der Waals surface area contributed by atoms with E-state index in [9.17, 15) is 4.79 Å². The van der Waals surface area contributed by atoms with Crippen LogP contribution in [0, 0.1) is 17.3 Å². The predicted octanol–water partition coefficient (Wildman–Crippen LogP) is 3.16. The van der Waals surface area contributed by atoms with Crippen molar-refractivity contribution in [3.63, 3.8) is 0 Å². The average molecular weight is 296 g/mol. The summed E-state index contributed by atoms with van der Waals surface area (Å²) in [5, 5.41) is 3.27. The molecule has 0 aliphatic heterocycles. The minimum Gasteiger partial charge on any atom is -0.392 e. The Morgan fingerprint density at radius 3 is 2.20 bits per heavy atom. The van der Waals surface area contributed by atoms with Gasteiger partial charge in [0.25, 0.3) is 0 Å². The van der Waals surface area contributed by atoms with Gasteiger partial charge in [-0.05, 0) is 37.5 Å². The molecule has 3 nitrogen and oxygen atoms in total. The maximum Gasteiger partial charge on any atom is 0.233 e. The number of thiocarbonyl (C=S) groups is 1. The van der Waals surface area contributed by atoms with E-state index in [1.807, 2.05) is 0 Å². The zero-order valence-electron chi connectivity index (χ0n) is 12.8.